The van der Waals surface area contributed by atoms with Gasteiger partial charge in [-0.15, -0.1) is 0 Å². The number of furan rings is 1. The molecule has 0 bridgehead atoms. The van der Waals surface area contributed by atoms with Crippen LogP contribution in [0, 0.1) is 5.82 Å². The van der Waals surface area contributed by atoms with Crippen molar-refractivity contribution in [1.82, 2.24) is 10.6 Å². The first-order chi connectivity index (χ1) is 15.4. The lowest BCUT2D eigenvalue weighted by Gasteiger charge is -2.17. The van der Waals surface area contributed by atoms with E-state index in [0.29, 0.717) is 22.9 Å². The molecule has 1 aliphatic rings. The number of rotatable bonds is 8. The average Bonchev–Trinajstić information content (AvgIpc) is 3.39. The van der Waals surface area contributed by atoms with Gasteiger partial charge in [0.25, 0.3) is 5.91 Å². The van der Waals surface area contributed by atoms with Gasteiger partial charge in [0.15, 0.2) is 5.76 Å². The van der Waals surface area contributed by atoms with Crippen LogP contribution >= 0.6 is 23.2 Å². The third kappa shape index (κ3) is 5.72. The van der Waals surface area contributed by atoms with Gasteiger partial charge in [-0.25, -0.2) is 4.39 Å². The number of ether oxygens (including phenoxy) is 1. The van der Waals surface area contributed by atoms with Gasteiger partial charge in [-0.2, -0.15) is 0 Å². The molecule has 0 spiro atoms. The number of carbonyl (C=O) groups excluding carboxylic acids is 1. The summed E-state index contributed by atoms with van der Waals surface area (Å²) >= 11 is 11.6. The van der Waals surface area contributed by atoms with E-state index in [4.69, 9.17) is 32.4 Å². The molecule has 9 heteroatoms. The van der Waals surface area contributed by atoms with Gasteiger partial charge in [-0.1, -0.05) is 23.2 Å². The van der Waals surface area contributed by atoms with E-state index < -0.39 is 11.9 Å². The van der Waals surface area contributed by atoms with Crippen LogP contribution in [0.5, 0.6) is 5.75 Å². The highest BCUT2D eigenvalue weighted by molar-refractivity contribution is 6.31. The molecule has 1 heterocycles. The van der Waals surface area contributed by atoms with E-state index in [1.807, 2.05) is 0 Å². The Kier molecular flexibility index (Phi) is 7.20. The largest absolute Gasteiger partial charge is 0.491 e. The first kappa shape index (κ1) is 22.9. The minimum absolute atomic E-state index is 0.0160. The van der Waals surface area contributed by atoms with Crippen molar-refractivity contribution in [3.05, 3.63) is 64.1 Å². The molecular weight excluding hydrogens is 458 g/mol. The Morgan fingerprint density at radius 1 is 1.19 bits per heavy atom. The normalized spacial score (nSPS) is 19.2. The van der Waals surface area contributed by atoms with E-state index in [0.717, 1.165) is 24.6 Å². The van der Waals surface area contributed by atoms with E-state index in [1.54, 1.807) is 30.3 Å². The molecule has 2 aromatic carbocycles. The molecule has 1 fully saturated rings. The Morgan fingerprint density at radius 3 is 2.81 bits per heavy atom. The molecule has 3 aromatic rings. The van der Waals surface area contributed by atoms with Gasteiger partial charge >= 0.3 is 0 Å². The lowest BCUT2D eigenvalue weighted by Crippen LogP contribution is -2.39. The maximum atomic E-state index is 13.4. The van der Waals surface area contributed by atoms with Gasteiger partial charge in [0.2, 0.25) is 0 Å². The van der Waals surface area contributed by atoms with Crippen LogP contribution in [-0.4, -0.2) is 42.4 Å². The Hall–Kier alpha value is -2.32. The van der Waals surface area contributed by atoms with E-state index in [-0.39, 0.29) is 35.4 Å². The summed E-state index contributed by atoms with van der Waals surface area (Å²) in [5.74, 6) is -0.263. The summed E-state index contributed by atoms with van der Waals surface area (Å²) in [4.78, 5) is 12.5. The Labute approximate surface area is 194 Å². The SMILES string of the molecule is O=C(N[C@H]1CC[C@H](NC[C@@H](O)COc2ccc(Cl)c(F)c2)C1)c1cc2cc(Cl)ccc2o1. The molecule has 4 rings (SSSR count). The molecule has 3 atom stereocenters. The van der Waals surface area contributed by atoms with Gasteiger partial charge in [0.05, 0.1) is 5.02 Å². The summed E-state index contributed by atoms with van der Waals surface area (Å²) in [6.07, 6.45) is 1.68. The highest BCUT2D eigenvalue weighted by Gasteiger charge is 2.27. The number of benzene rings is 2. The summed E-state index contributed by atoms with van der Waals surface area (Å²) in [7, 11) is 0. The summed E-state index contributed by atoms with van der Waals surface area (Å²) in [6.45, 7) is 0.350. The van der Waals surface area contributed by atoms with Crippen LogP contribution in [0.1, 0.15) is 29.8 Å². The smallest absolute Gasteiger partial charge is 0.287 e. The predicted octanol–water partition coefficient (Wildman–Crippen LogP) is 4.56. The van der Waals surface area contributed by atoms with Crippen LogP contribution in [0.15, 0.2) is 46.9 Å². The Morgan fingerprint density at radius 2 is 2.00 bits per heavy atom. The van der Waals surface area contributed by atoms with Crippen LogP contribution in [0.2, 0.25) is 10.0 Å². The summed E-state index contributed by atoms with van der Waals surface area (Å²) in [6, 6.07) is 11.2. The summed E-state index contributed by atoms with van der Waals surface area (Å²) in [5.41, 5.74) is 0.614. The molecule has 32 heavy (non-hydrogen) atoms. The second-order valence-corrected chi connectivity index (χ2v) is 8.77. The number of carbonyl (C=O) groups is 1. The molecule has 1 aliphatic carbocycles. The van der Waals surface area contributed by atoms with Crippen molar-refractivity contribution in [1.29, 1.82) is 0 Å². The maximum Gasteiger partial charge on any atom is 0.287 e. The highest BCUT2D eigenvalue weighted by atomic mass is 35.5. The second kappa shape index (κ2) is 10.1. The zero-order chi connectivity index (χ0) is 22.7. The number of aliphatic hydroxyl groups is 1. The molecule has 0 saturated heterocycles. The van der Waals surface area contributed by atoms with E-state index in [9.17, 15) is 14.3 Å². The lowest BCUT2D eigenvalue weighted by atomic mass is 10.2. The van der Waals surface area contributed by atoms with E-state index in [1.165, 1.54) is 12.1 Å². The number of hydrogen-bond donors (Lipinski definition) is 3. The minimum atomic E-state index is -0.759. The minimum Gasteiger partial charge on any atom is -0.491 e. The third-order valence-corrected chi connectivity index (χ3v) is 5.99. The topological polar surface area (TPSA) is 83.7 Å². The molecule has 1 aromatic heterocycles. The number of halogens is 3. The first-order valence-electron chi connectivity index (χ1n) is 10.4. The number of fused-ring (bicyclic) bond motifs is 1. The Balaban J connectivity index is 1.20. The van der Waals surface area contributed by atoms with Crippen LogP contribution in [0.4, 0.5) is 4.39 Å². The number of aliphatic hydroxyl groups excluding tert-OH is 1. The quantitative estimate of drug-likeness (QED) is 0.440. The molecule has 0 radical (unpaired) electrons. The summed E-state index contributed by atoms with van der Waals surface area (Å²) in [5, 5.41) is 17.8. The average molecular weight is 481 g/mol. The van der Waals surface area contributed by atoms with Crippen LogP contribution < -0.4 is 15.4 Å². The predicted molar refractivity (Wildman–Crippen MR) is 121 cm³/mol. The standard InChI is InChI=1S/C23H23Cl2FN2O4/c24-14-1-6-21-13(7-14)8-22(32-21)23(30)28-16-3-2-15(9-16)27-11-17(29)12-31-18-4-5-19(25)20(26)10-18/h1,4-8,10,15-17,27,29H,2-3,9,11-12H2,(H,28,30)/t15-,16-,17+/m0/s1. The van der Waals surface area contributed by atoms with Crippen molar-refractivity contribution in [3.8, 4) is 5.75 Å². The molecular formula is C23H23Cl2FN2O4. The molecule has 1 amide bonds. The van der Waals surface area contributed by atoms with Crippen LogP contribution in [0.3, 0.4) is 0 Å². The maximum absolute atomic E-state index is 13.4. The zero-order valence-corrected chi connectivity index (χ0v) is 18.6. The molecule has 3 N–H and O–H groups in total. The van der Waals surface area contributed by atoms with Crippen molar-refractivity contribution >= 4 is 40.1 Å². The highest BCUT2D eigenvalue weighted by Crippen LogP contribution is 2.25. The van der Waals surface area contributed by atoms with Gasteiger partial charge in [-0.3, -0.25) is 4.79 Å². The van der Waals surface area contributed by atoms with Crippen molar-refractivity contribution < 1.29 is 23.4 Å². The van der Waals surface area contributed by atoms with Gasteiger partial charge in [0.1, 0.15) is 29.9 Å². The molecule has 6 nitrogen and oxygen atoms in total. The number of nitrogens with one attached hydrogen (secondary N) is 2. The molecule has 0 unspecified atom stereocenters. The second-order valence-electron chi connectivity index (χ2n) is 7.92. The van der Waals surface area contributed by atoms with Crippen LogP contribution in [0.25, 0.3) is 11.0 Å². The van der Waals surface area contributed by atoms with Crippen molar-refractivity contribution in [2.45, 2.75) is 37.5 Å². The van der Waals surface area contributed by atoms with Gasteiger partial charge < -0.3 is 24.9 Å². The van der Waals surface area contributed by atoms with Crippen LogP contribution in [-0.2, 0) is 0 Å². The zero-order valence-electron chi connectivity index (χ0n) is 17.1. The van der Waals surface area contributed by atoms with Crippen molar-refractivity contribution in [3.63, 3.8) is 0 Å². The molecule has 170 valence electrons. The van der Waals surface area contributed by atoms with E-state index in [2.05, 4.69) is 10.6 Å². The monoisotopic (exact) mass is 480 g/mol. The fraction of sp³-hybridized carbons (Fsp3) is 0.348. The summed E-state index contributed by atoms with van der Waals surface area (Å²) < 4.78 is 24.5. The van der Waals surface area contributed by atoms with E-state index >= 15 is 0 Å². The van der Waals surface area contributed by atoms with Crippen molar-refractivity contribution in [2.75, 3.05) is 13.2 Å². The van der Waals surface area contributed by atoms with Crippen molar-refractivity contribution in [2.24, 2.45) is 0 Å². The Bertz CT molecular complexity index is 1110. The number of hydrogen-bond acceptors (Lipinski definition) is 5. The lowest BCUT2D eigenvalue weighted by molar-refractivity contribution is 0.0910. The fourth-order valence-corrected chi connectivity index (χ4v) is 4.10. The fourth-order valence-electron chi connectivity index (χ4n) is 3.80. The van der Waals surface area contributed by atoms with Gasteiger partial charge in [0, 0.05) is 35.1 Å². The third-order valence-electron chi connectivity index (χ3n) is 5.45. The molecule has 0 aliphatic heterocycles. The number of amides is 1. The first-order valence-corrected chi connectivity index (χ1v) is 11.1. The molecule has 1 saturated carbocycles. The van der Waals surface area contributed by atoms with Gasteiger partial charge in [-0.05, 0) is 55.7 Å².